The van der Waals surface area contributed by atoms with Crippen molar-refractivity contribution in [1.29, 1.82) is 0 Å². The zero-order valence-corrected chi connectivity index (χ0v) is 14.9. The van der Waals surface area contributed by atoms with Crippen LogP contribution < -0.4 is 10.5 Å². The number of carbonyl (C=O) groups excluding carboxylic acids is 1. The molecule has 0 unspecified atom stereocenters. The largest absolute Gasteiger partial charge is 0.493 e. The minimum absolute atomic E-state index is 0.00807. The van der Waals surface area contributed by atoms with E-state index in [1.807, 2.05) is 42.2 Å². The molecule has 0 saturated carbocycles. The molecule has 0 spiro atoms. The van der Waals surface area contributed by atoms with E-state index in [2.05, 4.69) is 25.1 Å². The number of nitrogens with zero attached hydrogens (tertiary/aromatic N) is 1. The fourth-order valence-corrected chi connectivity index (χ4v) is 3.37. The van der Waals surface area contributed by atoms with Gasteiger partial charge in [-0.25, -0.2) is 0 Å². The summed E-state index contributed by atoms with van der Waals surface area (Å²) in [6.07, 6.45) is 0.377. The van der Waals surface area contributed by atoms with Crippen LogP contribution in [0.3, 0.4) is 0 Å². The second kappa shape index (κ2) is 7.70. The van der Waals surface area contributed by atoms with Crippen molar-refractivity contribution < 1.29 is 9.53 Å². The van der Waals surface area contributed by atoms with Crippen LogP contribution in [0.1, 0.15) is 29.0 Å². The summed E-state index contributed by atoms with van der Waals surface area (Å²) in [7, 11) is 0. The van der Waals surface area contributed by atoms with E-state index in [0.717, 1.165) is 11.3 Å². The summed E-state index contributed by atoms with van der Waals surface area (Å²) in [5, 5.41) is 0. The maximum Gasteiger partial charge on any atom is 0.226 e. The van der Waals surface area contributed by atoms with Crippen molar-refractivity contribution in [2.45, 2.75) is 32.2 Å². The highest BCUT2D eigenvalue weighted by Gasteiger charge is 2.33. The van der Waals surface area contributed by atoms with E-state index in [1.54, 1.807) is 0 Å². The Kier molecular flexibility index (Phi) is 5.39. The standard InChI is InChI=1S/C21H26N2O2/c1-15-7-6-10-20(16(15)2)25-12-11-21(24)23-13-18(19(22)14-23)17-8-4-3-5-9-17/h3-10,18-19H,11-14,22H2,1-2H3/t18-,19+/m0/s1. The Morgan fingerprint density at radius 3 is 2.64 bits per heavy atom. The van der Waals surface area contributed by atoms with E-state index in [0.29, 0.717) is 26.1 Å². The molecule has 4 nitrogen and oxygen atoms in total. The number of hydrogen-bond acceptors (Lipinski definition) is 3. The molecule has 2 atom stereocenters. The first-order valence-electron chi connectivity index (χ1n) is 8.83. The monoisotopic (exact) mass is 338 g/mol. The number of hydrogen-bond donors (Lipinski definition) is 1. The van der Waals surface area contributed by atoms with Crippen molar-refractivity contribution in [2.24, 2.45) is 5.73 Å². The Morgan fingerprint density at radius 2 is 1.88 bits per heavy atom. The zero-order valence-electron chi connectivity index (χ0n) is 14.9. The van der Waals surface area contributed by atoms with E-state index >= 15 is 0 Å². The Balaban J connectivity index is 1.53. The predicted molar refractivity (Wildman–Crippen MR) is 99.8 cm³/mol. The molecular formula is C21H26N2O2. The van der Waals surface area contributed by atoms with E-state index in [9.17, 15) is 4.79 Å². The molecule has 1 amide bonds. The van der Waals surface area contributed by atoms with Crippen molar-refractivity contribution in [2.75, 3.05) is 19.7 Å². The summed E-state index contributed by atoms with van der Waals surface area (Å²) in [4.78, 5) is 14.4. The van der Waals surface area contributed by atoms with E-state index in [4.69, 9.17) is 10.5 Å². The van der Waals surface area contributed by atoms with Gasteiger partial charge in [0.05, 0.1) is 13.0 Å². The molecule has 25 heavy (non-hydrogen) atoms. The van der Waals surface area contributed by atoms with Gasteiger partial charge in [0.25, 0.3) is 0 Å². The molecule has 3 rings (SSSR count). The average molecular weight is 338 g/mol. The molecule has 2 aromatic carbocycles. The number of ether oxygens (including phenoxy) is 1. The minimum Gasteiger partial charge on any atom is -0.493 e. The van der Waals surface area contributed by atoms with Gasteiger partial charge >= 0.3 is 0 Å². The lowest BCUT2D eigenvalue weighted by atomic mass is 9.95. The van der Waals surface area contributed by atoms with Crippen molar-refractivity contribution >= 4 is 5.91 Å². The first kappa shape index (κ1) is 17.5. The molecule has 2 N–H and O–H groups in total. The van der Waals surface area contributed by atoms with E-state index < -0.39 is 0 Å². The lowest BCUT2D eigenvalue weighted by molar-refractivity contribution is -0.130. The zero-order chi connectivity index (χ0) is 17.8. The van der Waals surface area contributed by atoms with Crippen molar-refractivity contribution in [3.8, 4) is 5.75 Å². The van der Waals surface area contributed by atoms with Crippen LogP contribution in [0.4, 0.5) is 0 Å². The van der Waals surface area contributed by atoms with E-state index in [-0.39, 0.29) is 17.9 Å². The average Bonchev–Trinajstić information content (AvgIpc) is 3.01. The van der Waals surface area contributed by atoms with Crippen LogP contribution in [0.15, 0.2) is 48.5 Å². The van der Waals surface area contributed by atoms with Gasteiger partial charge in [-0.05, 0) is 36.6 Å². The number of rotatable bonds is 5. The van der Waals surface area contributed by atoms with Crippen LogP contribution in [0.25, 0.3) is 0 Å². The SMILES string of the molecule is Cc1cccc(OCCC(=O)N2C[C@@H](N)[C@H](c3ccccc3)C2)c1C. The predicted octanol–water partition coefficient (Wildman–Crippen LogP) is 3.03. The molecular weight excluding hydrogens is 312 g/mol. The number of benzene rings is 2. The molecule has 1 fully saturated rings. The number of aryl methyl sites for hydroxylation is 1. The first-order chi connectivity index (χ1) is 12.1. The molecule has 1 saturated heterocycles. The van der Waals surface area contributed by atoms with Gasteiger partial charge in [0.2, 0.25) is 5.91 Å². The third kappa shape index (κ3) is 4.02. The van der Waals surface area contributed by atoms with Crippen LogP contribution in [0.5, 0.6) is 5.75 Å². The summed E-state index contributed by atoms with van der Waals surface area (Å²) in [5.74, 6) is 1.18. The van der Waals surface area contributed by atoms with Crippen molar-refractivity contribution in [1.82, 2.24) is 4.90 Å². The lowest BCUT2D eigenvalue weighted by Crippen LogP contribution is -2.32. The van der Waals surface area contributed by atoms with Gasteiger partial charge in [-0.3, -0.25) is 4.79 Å². The molecule has 132 valence electrons. The highest BCUT2D eigenvalue weighted by atomic mass is 16.5. The minimum atomic E-state index is -0.00807. The maximum absolute atomic E-state index is 12.5. The topological polar surface area (TPSA) is 55.6 Å². The quantitative estimate of drug-likeness (QED) is 0.912. The summed E-state index contributed by atoms with van der Waals surface area (Å²) in [5.41, 5.74) is 9.80. The summed E-state index contributed by atoms with van der Waals surface area (Å²) >= 11 is 0. The van der Waals surface area contributed by atoms with Crippen LogP contribution >= 0.6 is 0 Å². The highest BCUT2D eigenvalue weighted by Crippen LogP contribution is 2.27. The molecule has 0 bridgehead atoms. The van der Waals surface area contributed by atoms with Gasteiger partial charge in [-0.1, -0.05) is 42.5 Å². The number of nitrogens with two attached hydrogens (primary N) is 1. The third-order valence-corrected chi connectivity index (χ3v) is 5.07. The molecule has 2 aromatic rings. The maximum atomic E-state index is 12.5. The molecule has 0 aromatic heterocycles. The van der Waals surface area contributed by atoms with Gasteiger partial charge < -0.3 is 15.4 Å². The second-order valence-electron chi connectivity index (χ2n) is 6.78. The Bertz CT molecular complexity index is 730. The normalized spacial score (nSPS) is 19.9. The fraction of sp³-hybridized carbons (Fsp3) is 0.381. The van der Waals surface area contributed by atoms with Crippen LogP contribution in [-0.4, -0.2) is 36.5 Å². The highest BCUT2D eigenvalue weighted by molar-refractivity contribution is 5.77. The molecule has 1 heterocycles. The molecule has 1 aliphatic heterocycles. The van der Waals surface area contributed by atoms with Crippen molar-refractivity contribution in [3.63, 3.8) is 0 Å². The second-order valence-corrected chi connectivity index (χ2v) is 6.78. The van der Waals surface area contributed by atoms with Crippen LogP contribution in [-0.2, 0) is 4.79 Å². The number of likely N-dealkylation sites (tertiary alicyclic amines) is 1. The third-order valence-electron chi connectivity index (χ3n) is 5.07. The Labute approximate surface area is 149 Å². The molecule has 0 aliphatic carbocycles. The smallest absolute Gasteiger partial charge is 0.226 e. The van der Waals surface area contributed by atoms with E-state index in [1.165, 1.54) is 11.1 Å². The van der Waals surface area contributed by atoms with Gasteiger partial charge in [0, 0.05) is 25.0 Å². The number of amides is 1. The van der Waals surface area contributed by atoms with Crippen molar-refractivity contribution in [3.05, 3.63) is 65.2 Å². The first-order valence-corrected chi connectivity index (χ1v) is 8.83. The summed E-state index contributed by atoms with van der Waals surface area (Å²) in [6, 6.07) is 16.2. The van der Waals surface area contributed by atoms with Gasteiger partial charge in [-0.15, -0.1) is 0 Å². The van der Waals surface area contributed by atoms with Gasteiger partial charge in [-0.2, -0.15) is 0 Å². The lowest BCUT2D eigenvalue weighted by Gasteiger charge is -2.17. The Morgan fingerprint density at radius 1 is 1.12 bits per heavy atom. The molecule has 0 radical (unpaired) electrons. The number of carbonyl (C=O) groups is 1. The van der Waals surface area contributed by atoms with Gasteiger partial charge in [0.1, 0.15) is 5.75 Å². The summed E-state index contributed by atoms with van der Waals surface area (Å²) < 4.78 is 5.81. The molecule has 1 aliphatic rings. The van der Waals surface area contributed by atoms with Crippen LogP contribution in [0, 0.1) is 13.8 Å². The molecule has 4 heteroatoms. The summed E-state index contributed by atoms with van der Waals surface area (Å²) in [6.45, 7) is 5.79. The fourth-order valence-electron chi connectivity index (χ4n) is 3.37. The van der Waals surface area contributed by atoms with Gasteiger partial charge in [0.15, 0.2) is 0 Å². The van der Waals surface area contributed by atoms with Crippen LogP contribution in [0.2, 0.25) is 0 Å². The Hall–Kier alpha value is -2.33.